The molecule has 0 bridgehead atoms. The molecule has 0 saturated carbocycles. The van der Waals surface area contributed by atoms with Crippen molar-refractivity contribution in [2.45, 2.75) is 262 Å². The lowest BCUT2D eigenvalue weighted by molar-refractivity contribution is 0.779. The van der Waals surface area contributed by atoms with Crippen LogP contribution in [0.4, 0.5) is 34.1 Å². The molecule has 0 amide bonds. The average molecular weight is 1070 g/mol. The predicted molar refractivity (Wildman–Crippen MR) is 357 cm³/mol. The fourth-order valence-electron chi connectivity index (χ4n) is 12.3. The topological polar surface area (TPSA) is 6.48 Å². The van der Waals surface area contributed by atoms with E-state index in [9.17, 15) is 0 Å². The quantitative estimate of drug-likeness (QED) is 0.0285. The molecule has 2 heteroatoms. The number of rotatable bonds is 36. The molecule has 2 nitrogen and oxygen atoms in total. The standard InChI is InChI=1S/C78H108N2/c1-11-21-31-59-41-43-73-75(57-59)77(79(69-49-61(33-23-13-3)45-62(50-69)34-24-14-4)70-51-63(35-25-15-5)46-64(52-70)36-26-16-6)74-44-42-60(32-22-12-2)58-76(74)78(73)80(71-53-65(37-27-17-7)47-66(54-71)38-28-18-8)72-55-67(39-29-19-9)48-68(56-72)40-30-20-10/h41-58H,11-40H2,1-10H3. The van der Waals surface area contributed by atoms with Gasteiger partial charge in [-0.1, -0.05) is 182 Å². The predicted octanol–water partition coefficient (Wildman–Crippen LogP) is 24.4. The van der Waals surface area contributed by atoms with E-state index in [-0.39, 0.29) is 0 Å². The first kappa shape index (κ1) is 62.3. The summed E-state index contributed by atoms with van der Waals surface area (Å²) in [6.07, 6.45) is 34.7. The molecule has 0 aliphatic carbocycles. The molecule has 0 fully saturated rings. The van der Waals surface area contributed by atoms with Crippen molar-refractivity contribution in [2.75, 3.05) is 9.80 Å². The Kier molecular flexibility index (Phi) is 25.6. The van der Waals surface area contributed by atoms with Crippen molar-refractivity contribution in [2.24, 2.45) is 0 Å². The molecule has 7 rings (SSSR count). The Labute approximate surface area is 489 Å². The SMILES string of the molecule is CCCCc1cc(CCCC)cc(N(c2cc(CCCC)cc(CCCC)c2)c2c3ccc(CCCC)cc3c(N(c3cc(CCCC)cc(CCCC)c3)c3cc(CCCC)cc(CCCC)c3)c3ccc(CCCC)cc23)c1. The number of hydrogen-bond acceptors (Lipinski definition) is 2. The Morgan fingerprint density at radius 3 is 0.575 bits per heavy atom. The first-order chi connectivity index (χ1) is 39.2. The minimum absolute atomic E-state index is 1.07. The van der Waals surface area contributed by atoms with Gasteiger partial charge in [0.1, 0.15) is 0 Å². The first-order valence-corrected chi connectivity index (χ1v) is 33.4. The first-order valence-electron chi connectivity index (χ1n) is 33.4. The zero-order chi connectivity index (χ0) is 56.6. The van der Waals surface area contributed by atoms with E-state index in [2.05, 4.69) is 188 Å². The van der Waals surface area contributed by atoms with Gasteiger partial charge in [-0.05, 0) is 245 Å². The minimum Gasteiger partial charge on any atom is -0.309 e. The van der Waals surface area contributed by atoms with E-state index in [0.717, 1.165) is 64.2 Å². The van der Waals surface area contributed by atoms with Gasteiger partial charge in [0.2, 0.25) is 0 Å². The number of fused-ring (bicyclic) bond motifs is 2. The molecule has 0 saturated heterocycles. The molecular weight excluding hydrogens is 965 g/mol. The molecule has 0 N–H and O–H groups in total. The minimum atomic E-state index is 1.07. The van der Waals surface area contributed by atoms with Crippen LogP contribution in [0.15, 0.2) is 109 Å². The Morgan fingerprint density at radius 2 is 0.388 bits per heavy atom. The summed E-state index contributed by atoms with van der Waals surface area (Å²) in [4.78, 5) is 5.60. The van der Waals surface area contributed by atoms with Crippen LogP contribution in [0.25, 0.3) is 21.5 Å². The lowest BCUT2D eigenvalue weighted by Crippen LogP contribution is -2.16. The van der Waals surface area contributed by atoms with E-state index in [1.165, 1.54) is 240 Å². The maximum Gasteiger partial charge on any atom is 0.0620 e. The van der Waals surface area contributed by atoms with Gasteiger partial charge in [0.05, 0.1) is 11.4 Å². The van der Waals surface area contributed by atoms with Crippen LogP contribution in [0, 0.1) is 0 Å². The highest BCUT2D eigenvalue weighted by Gasteiger charge is 2.28. The Hall–Kier alpha value is -5.34. The number of anilines is 6. The van der Waals surface area contributed by atoms with Gasteiger partial charge < -0.3 is 9.80 Å². The zero-order valence-corrected chi connectivity index (χ0v) is 52.5. The van der Waals surface area contributed by atoms with Crippen LogP contribution in [0.5, 0.6) is 0 Å². The average Bonchev–Trinajstić information content (AvgIpc) is 3.62. The third-order valence-corrected chi connectivity index (χ3v) is 17.0. The fourth-order valence-corrected chi connectivity index (χ4v) is 12.3. The van der Waals surface area contributed by atoms with E-state index in [1.54, 1.807) is 0 Å². The highest BCUT2D eigenvalue weighted by atomic mass is 15.2. The van der Waals surface area contributed by atoms with Crippen molar-refractivity contribution < 1.29 is 0 Å². The normalized spacial score (nSPS) is 11.6. The van der Waals surface area contributed by atoms with Gasteiger partial charge in [-0.2, -0.15) is 0 Å². The van der Waals surface area contributed by atoms with Crippen molar-refractivity contribution in [1.29, 1.82) is 0 Å². The maximum absolute atomic E-state index is 2.80. The molecule has 0 aliphatic heterocycles. The summed E-state index contributed by atoms with van der Waals surface area (Å²) in [5.41, 5.74) is 22.6. The van der Waals surface area contributed by atoms with Crippen molar-refractivity contribution in [3.63, 3.8) is 0 Å². The number of unbranched alkanes of at least 4 members (excludes halogenated alkanes) is 10. The summed E-state index contributed by atoms with van der Waals surface area (Å²) in [7, 11) is 0. The molecule has 430 valence electrons. The summed E-state index contributed by atoms with van der Waals surface area (Å²) in [6.45, 7) is 23.5. The van der Waals surface area contributed by atoms with Gasteiger partial charge in [-0.25, -0.2) is 0 Å². The van der Waals surface area contributed by atoms with Gasteiger partial charge in [0.15, 0.2) is 0 Å². The van der Waals surface area contributed by atoms with E-state index < -0.39 is 0 Å². The lowest BCUT2D eigenvalue weighted by Gasteiger charge is -2.34. The van der Waals surface area contributed by atoms with E-state index in [4.69, 9.17) is 0 Å². The zero-order valence-electron chi connectivity index (χ0n) is 52.5. The third-order valence-electron chi connectivity index (χ3n) is 17.0. The number of nitrogens with zero attached hydrogens (tertiary/aromatic N) is 2. The van der Waals surface area contributed by atoms with E-state index in [1.807, 2.05) is 0 Å². The Bertz CT molecular complexity index is 2550. The van der Waals surface area contributed by atoms with Crippen molar-refractivity contribution in [3.8, 4) is 0 Å². The van der Waals surface area contributed by atoms with Crippen LogP contribution in [-0.2, 0) is 64.2 Å². The molecule has 0 atom stereocenters. The van der Waals surface area contributed by atoms with Crippen LogP contribution in [-0.4, -0.2) is 0 Å². The second kappa shape index (κ2) is 32.9. The molecule has 0 aromatic heterocycles. The van der Waals surface area contributed by atoms with Crippen molar-refractivity contribution >= 4 is 55.7 Å². The van der Waals surface area contributed by atoms with Crippen LogP contribution in [0.1, 0.15) is 253 Å². The van der Waals surface area contributed by atoms with Crippen molar-refractivity contribution in [1.82, 2.24) is 0 Å². The Balaban J connectivity index is 1.73. The monoisotopic (exact) mass is 1070 g/mol. The second-order valence-corrected chi connectivity index (χ2v) is 24.2. The van der Waals surface area contributed by atoms with E-state index >= 15 is 0 Å². The molecule has 7 aromatic carbocycles. The number of hydrogen-bond donors (Lipinski definition) is 0. The molecule has 80 heavy (non-hydrogen) atoms. The van der Waals surface area contributed by atoms with Crippen LogP contribution in [0.2, 0.25) is 0 Å². The van der Waals surface area contributed by atoms with Gasteiger partial charge in [-0.15, -0.1) is 0 Å². The van der Waals surface area contributed by atoms with Gasteiger partial charge in [-0.3, -0.25) is 0 Å². The highest BCUT2D eigenvalue weighted by Crippen LogP contribution is 2.53. The largest absolute Gasteiger partial charge is 0.309 e. The summed E-state index contributed by atoms with van der Waals surface area (Å²) in [5.74, 6) is 0. The van der Waals surface area contributed by atoms with E-state index in [0.29, 0.717) is 0 Å². The molecule has 0 radical (unpaired) electrons. The molecule has 0 aliphatic rings. The lowest BCUT2D eigenvalue weighted by atomic mass is 9.90. The smallest absolute Gasteiger partial charge is 0.0620 e. The fraction of sp³-hybridized carbons (Fsp3) is 0.513. The summed E-state index contributed by atoms with van der Waals surface area (Å²) < 4.78 is 0. The van der Waals surface area contributed by atoms with Crippen molar-refractivity contribution in [3.05, 3.63) is 165 Å². The third kappa shape index (κ3) is 16.9. The van der Waals surface area contributed by atoms with Gasteiger partial charge >= 0.3 is 0 Å². The molecular formula is C78H108N2. The molecule has 0 unspecified atom stereocenters. The molecule has 7 aromatic rings. The maximum atomic E-state index is 2.80. The summed E-state index contributed by atoms with van der Waals surface area (Å²) in [5, 5.41) is 5.40. The van der Waals surface area contributed by atoms with Crippen LogP contribution in [0.3, 0.4) is 0 Å². The van der Waals surface area contributed by atoms with Crippen LogP contribution < -0.4 is 9.80 Å². The summed E-state index contributed by atoms with van der Waals surface area (Å²) >= 11 is 0. The summed E-state index contributed by atoms with van der Waals surface area (Å²) in [6, 6.07) is 46.5. The second-order valence-electron chi connectivity index (χ2n) is 24.2. The van der Waals surface area contributed by atoms with Gasteiger partial charge in [0.25, 0.3) is 0 Å². The van der Waals surface area contributed by atoms with Gasteiger partial charge in [0, 0.05) is 44.3 Å². The number of benzene rings is 7. The highest BCUT2D eigenvalue weighted by molar-refractivity contribution is 6.23. The Morgan fingerprint density at radius 1 is 0.200 bits per heavy atom. The molecule has 0 heterocycles. The molecule has 0 spiro atoms. The van der Waals surface area contributed by atoms with Crippen LogP contribution >= 0.6 is 0 Å². The number of aryl methyl sites for hydroxylation is 10.